The molecule has 1 aliphatic heterocycles. The monoisotopic (exact) mass is 339 g/mol. The average molecular weight is 339 g/mol. The van der Waals surface area contributed by atoms with Gasteiger partial charge in [0.25, 0.3) is 0 Å². The highest BCUT2D eigenvalue weighted by atomic mass is 16.5. The Kier molecular flexibility index (Phi) is 5.99. The van der Waals surface area contributed by atoms with Gasteiger partial charge in [-0.3, -0.25) is 4.79 Å². The summed E-state index contributed by atoms with van der Waals surface area (Å²) >= 11 is 0. The quantitative estimate of drug-likeness (QED) is 0.802. The van der Waals surface area contributed by atoms with E-state index in [1.807, 2.05) is 30.0 Å². The molecule has 1 aromatic carbocycles. The van der Waals surface area contributed by atoms with Crippen molar-refractivity contribution in [2.45, 2.75) is 44.9 Å². The lowest BCUT2D eigenvalue weighted by atomic mass is 9.97. The molecule has 1 aromatic heterocycles. The number of amides is 1. The van der Waals surface area contributed by atoms with Gasteiger partial charge in [-0.05, 0) is 24.8 Å². The van der Waals surface area contributed by atoms with E-state index in [-0.39, 0.29) is 11.8 Å². The first-order valence-electron chi connectivity index (χ1n) is 9.08. The second-order valence-corrected chi connectivity index (χ2v) is 6.43. The van der Waals surface area contributed by atoms with Crippen molar-refractivity contribution in [3.63, 3.8) is 0 Å². The van der Waals surface area contributed by atoms with Gasteiger partial charge in [0.1, 0.15) is 0 Å². The lowest BCUT2D eigenvalue weighted by Gasteiger charge is -2.31. The molecule has 3 rings (SSSR count). The molecule has 0 saturated carbocycles. The molecule has 1 amide bonds. The van der Waals surface area contributed by atoms with E-state index >= 15 is 0 Å². The van der Waals surface area contributed by atoms with Crippen LogP contribution in [0.1, 0.15) is 55.8 Å². The Bertz CT molecular complexity index is 709. The normalized spacial score (nSPS) is 18.0. The molecule has 0 aliphatic carbocycles. The Labute approximate surface area is 148 Å². The van der Waals surface area contributed by atoms with E-state index in [1.54, 1.807) is 0 Å². The summed E-state index contributed by atoms with van der Waals surface area (Å²) in [6.07, 6.45) is 8.20. The summed E-state index contributed by atoms with van der Waals surface area (Å²) in [6, 6.07) is 10.1. The number of hydrogen-bond acceptors (Lipinski definition) is 4. The van der Waals surface area contributed by atoms with Crippen molar-refractivity contribution >= 4 is 12.0 Å². The number of aromatic nitrogens is 2. The second-order valence-electron chi connectivity index (χ2n) is 6.43. The number of nitrogens with zero attached hydrogens (tertiary/aromatic N) is 3. The van der Waals surface area contributed by atoms with E-state index in [9.17, 15) is 4.79 Å². The van der Waals surface area contributed by atoms with E-state index < -0.39 is 0 Å². The van der Waals surface area contributed by atoms with E-state index in [2.05, 4.69) is 34.4 Å². The fourth-order valence-corrected chi connectivity index (χ4v) is 3.14. The molecule has 0 bridgehead atoms. The van der Waals surface area contributed by atoms with Gasteiger partial charge in [-0.1, -0.05) is 54.6 Å². The van der Waals surface area contributed by atoms with Crippen molar-refractivity contribution in [3.8, 4) is 0 Å². The van der Waals surface area contributed by atoms with Crippen molar-refractivity contribution in [1.29, 1.82) is 0 Å². The topological polar surface area (TPSA) is 59.2 Å². The Morgan fingerprint density at radius 2 is 2.20 bits per heavy atom. The van der Waals surface area contributed by atoms with Crippen LogP contribution >= 0.6 is 0 Å². The van der Waals surface area contributed by atoms with Gasteiger partial charge in [0.15, 0.2) is 5.82 Å². The molecule has 0 radical (unpaired) electrons. The van der Waals surface area contributed by atoms with Gasteiger partial charge in [0.05, 0.1) is 0 Å². The van der Waals surface area contributed by atoms with Gasteiger partial charge >= 0.3 is 0 Å². The van der Waals surface area contributed by atoms with Crippen molar-refractivity contribution in [2.24, 2.45) is 0 Å². The summed E-state index contributed by atoms with van der Waals surface area (Å²) in [7, 11) is 0. The van der Waals surface area contributed by atoms with Gasteiger partial charge in [-0.2, -0.15) is 4.98 Å². The number of carbonyl (C=O) groups is 1. The van der Waals surface area contributed by atoms with Crippen LogP contribution in [-0.4, -0.2) is 34.0 Å². The first-order valence-corrected chi connectivity index (χ1v) is 9.08. The highest BCUT2D eigenvalue weighted by molar-refractivity contribution is 5.76. The minimum Gasteiger partial charge on any atom is -0.342 e. The summed E-state index contributed by atoms with van der Waals surface area (Å²) in [5.41, 5.74) is 1.16. The molecule has 0 spiro atoms. The zero-order valence-corrected chi connectivity index (χ0v) is 14.7. The molecule has 2 heterocycles. The molecular weight excluding hydrogens is 314 g/mol. The van der Waals surface area contributed by atoms with Gasteiger partial charge in [-0.25, -0.2) is 0 Å². The van der Waals surface area contributed by atoms with Crippen LogP contribution in [0.15, 0.2) is 40.9 Å². The number of carbonyl (C=O) groups excluding carboxylic acids is 1. The first-order chi connectivity index (χ1) is 12.3. The van der Waals surface area contributed by atoms with Gasteiger partial charge in [-0.15, -0.1) is 0 Å². The zero-order valence-electron chi connectivity index (χ0n) is 14.7. The van der Waals surface area contributed by atoms with Crippen LogP contribution in [0.2, 0.25) is 0 Å². The number of benzene rings is 1. The molecule has 1 unspecified atom stereocenters. The molecule has 5 heteroatoms. The minimum absolute atomic E-state index is 0.196. The molecule has 2 aromatic rings. The number of rotatable bonds is 6. The average Bonchev–Trinajstić information content (AvgIpc) is 3.15. The van der Waals surface area contributed by atoms with Crippen LogP contribution in [-0.2, 0) is 11.2 Å². The van der Waals surface area contributed by atoms with Gasteiger partial charge < -0.3 is 9.42 Å². The van der Waals surface area contributed by atoms with Crippen molar-refractivity contribution in [3.05, 3.63) is 53.7 Å². The number of piperidine rings is 1. The molecule has 1 fully saturated rings. The smallest absolute Gasteiger partial charge is 0.226 e. The summed E-state index contributed by atoms with van der Waals surface area (Å²) in [4.78, 5) is 18.9. The molecule has 132 valence electrons. The third kappa shape index (κ3) is 4.78. The maximum atomic E-state index is 12.5. The first kappa shape index (κ1) is 17.4. The third-order valence-electron chi connectivity index (χ3n) is 4.56. The highest BCUT2D eigenvalue weighted by Crippen LogP contribution is 2.25. The van der Waals surface area contributed by atoms with E-state index in [4.69, 9.17) is 4.52 Å². The van der Waals surface area contributed by atoms with Crippen LogP contribution in [0.3, 0.4) is 0 Å². The summed E-state index contributed by atoms with van der Waals surface area (Å²) in [5.74, 6) is 1.83. The minimum atomic E-state index is 0.196. The fourth-order valence-electron chi connectivity index (χ4n) is 3.14. The molecule has 1 aliphatic rings. The zero-order chi connectivity index (χ0) is 17.5. The van der Waals surface area contributed by atoms with Crippen LogP contribution in [0.4, 0.5) is 0 Å². The standard InChI is InChI=1S/C20H25N3O2/c1-2-18-21-20(22-25-18)17-12-8-14-23(15-17)19(24)13-7-6-11-16-9-4-3-5-10-16/h3-6,9-11,17H,2,7-8,12-15H2,1H3/b11-6+. The van der Waals surface area contributed by atoms with Crippen LogP contribution in [0, 0.1) is 0 Å². The number of likely N-dealkylation sites (tertiary alicyclic amines) is 1. The fraction of sp³-hybridized carbons (Fsp3) is 0.450. The number of hydrogen-bond donors (Lipinski definition) is 0. The lowest BCUT2D eigenvalue weighted by molar-refractivity contribution is -0.132. The largest absolute Gasteiger partial charge is 0.342 e. The molecule has 5 nitrogen and oxygen atoms in total. The molecular formula is C20H25N3O2. The van der Waals surface area contributed by atoms with E-state index in [0.29, 0.717) is 18.9 Å². The Morgan fingerprint density at radius 1 is 1.36 bits per heavy atom. The van der Waals surface area contributed by atoms with Crippen molar-refractivity contribution in [2.75, 3.05) is 13.1 Å². The Morgan fingerprint density at radius 3 is 2.96 bits per heavy atom. The molecule has 1 atom stereocenters. The summed E-state index contributed by atoms with van der Waals surface area (Å²) in [5, 5.41) is 4.08. The van der Waals surface area contributed by atoms with Crippen molar-refractivity contribution < 1.29 is 9.32 Å². The van der Waals surface area contributed by atoms with Crippen molar-refractivity contribution in [1.82, 2.24) is 15.0 Å². The van der Waals surface area contributed by atoms with Gasteiger partial charge in [0.2, 0.25) is 11.8 Å². The Balaban J connectivity index is 1.49. The SMILES string of the molecule is CCc1nc(C2CCCN(C(=O)CC/C=C/c3ccccc3)C2)no1. The van der Waals surface area contributed by atoms with E-state index in [0.717, 1.165) is 43.6 Å². The molecule has 25 heavy (non-hydrogen) atoms. The number of allylic oxidation sites excluding steroid dienone is 1. The summed E-state index contributed by atoms with van der Waals surface area (Å²) < 4.78 is 5.21. The molecule has 1 saturated heterocycles. The Hall–Kier alpha value is -2.43. The maximum absolute atomic E-state index is 12.5. The maximum Gasteiger partial charge on any atom is 0.226 e. The summed E-state index contributed by atoms with van der Waals surface area (Å²) in [6.45, 7) is 3.52. The molecule has 0 N–H and O–H groups in total. The van der Waals surface area contributed by atoms with Crippen LogP contribution < -0.4 is 0 Å². The van der Waals surface area contributed by atoms with E-state index in [1.165, 1.54) is 0 Å². The van der Waals surface area contributed by atoms with Crippen LogP contribution in [0.25, 0.3) is 6.08 Å². The number of aryl methyl sites for hydroxylation is 1. The lowest BCUT2D eigenvalue weighted by Crippen LogP contribution is -2.39. The van der Waals surface area contributed by atoms with Crippen LogP contribution in [0.5, 0.6) is 0 Å². The third-order valence-corrected chi connectivity index (χ3v) is 4.56. The second kappa shape index (κ2) is 8.60. The predicted molar refractivity (Wildman–Crippen MR) is 96.9 cm³/mol. The van der Waals surface area contributed by atoms with Gasteiger partial charge in [0, 0.05) is 31.8 Å². The highest BCUT2D eigenvalue weighted by Gasteiger charge is 2.27. The predicted octanol–water partition coefficient (Wildman–Crippen LogP) is 3.83.